The molecule has 0 N–H and O–H groups in total. The first-order valence-corrected chi connectivity index (χ1v) is 8.22. The Hall–Kier alpha value is -1.97. The van der Waals surface area contributed by atoms with Gasteiger partial charge in [0.05, 0.1) is 7.11 Å². The van der Waals surface area contributed by atoms with Crippen LogP contribution < -0.4 is 9.64 Å². The average Bonchev–Trinajstić information content (AvgIpc) is 3.09. The maximum atomic E-state index is 12.8. The first-order valence-electron chi connectivity index (χ1n) is 8.22. The normalized spacial score (nSPS) is 25.5. The molecule has 1 aromatic rings. The lowest BCUT2D eigenvalue weighted by Gasteiger charge is -2.34. The molecule has 2 bridgehead atoms. The number of hydrogen-bond acceptors (Lipinski definition) is 3. The third-order valence-electron chi connectivity index (χ3n) is 4.52. The van der Waals surface area contributed by atoms with Crippen molar-refractivity contribution in [3.8, 4) is 5.75 Å². The summed E-state index contributed by atoms with van der Waals surface area (Å²) in [6.07, 6.45) is 6.41. The van der Waals surface area contributed by atoms with Gasteiger partial charge in [-0.2, -0.15) is 0 Å². The van der Waals surface area contributed by atoms with E-state index in [0.29, 0.717) is 11.8 Å². The standard InChI is InChI=1S/C19H25NO3/c1-19(2,3)23-18(21)20(15-7-9-16(22-4)10-8-15)17-12-13-5-6-14(17)11-13/h5-10,13-14,17H,11-12H2,1-4H3/t13-,14+,17+/m1/s1. The van der Waals surface area contributed by atoms with Gasteiger partial charge in [0.15, 0.2) is 0 Å². The van der Waals surface area contributed by atoms with E-state index < -0.39 is 5.60 Å². The number of ether oxygens (including phenoxy) is 2. The van der Waals surface area contributed by atoms with Gasteiger partial charge >= 0.3 is 6.09 Å². The Bertz CT molecular complexity index is 600. The van der Waals surface area contributed by atoms with Gasteiger partial charge in [-0.25, -0.2) is 4.79 Å². The van der Waals surface area contributed by atoms with Crippen LogP contribution in [0.5, 0.6) is 5.75 Å². The zero-order valence-electron chi connectivity index (χ0n) is 14.3. The number of anilines is 1. The van der Waals surface area contributed by atoms with Crippen LogP contribution in [-0.2, 0) is 4.74 Å². The van der Waals surface area contributed by atoms with Crippen molar-refractivity contribution in [3.05, 3.63) is 36.4 Å². The van der Waals surface area contributed by atoms with Gasteiger partial charge in [0.1, 0.15) is 11.4 Å². The zero-order valence-corrected chi connectivity index (χ0v) is 14.3. The van der Waals surface area contributed by atoms with Gasteiger partial charge in [-0.05, 0) is 69.7 Å². The van der Waals surface area contributed by atoms with Gasteiger partial charge in [0, 0.05) is 11.7 Å². The highest BCUT2D eigenvalue weighted by Gasteiger charge is 2.42. The van der Waals surface area contributed by atoms with E-state index in [1.54, 1.807) is 7.11 Å². The Kier molecular flexibility index (Phi) is 4.09. The van der Waals surface area contributed by atoms with Crippen molar-refractivity contribution in [2.75, 3.05) is 12.0 Å². The highest BCUT2D eigenvalue weighted by atomic mass is 16.6. The van der Waals surface area contributed by atoms with E-state index >= 15 is 0 Å². The van der Waals surface area contributed by atoms with Crippen molar-refractivity contribution in [2.45, 2.75) is 45.3 Å². The molecular formula is C19H25NO3. The van der Waals surface area contributed by atoms with Gasteiger partial charge in [-0.3, -0.25) is 4.90 Å². The summed E-state index contributed by atoms with van der Waals surface area (Å²) in [7, 11) is 1.64. The fourth-order valence-corrected chi connectivity index (χ4v) is 3.53. The van der Waals surface area contributed by atoms with Crippen LogP contribution in [0.1, 0.15) is 33.6 Å². The Morgan fingerprint density at radius 1 is 1.13 bits per heavy atom. The molecule has 0 aliphatic heterocycles. The molecule has 1 saturated carbocycles. The third-order valence-corrected chi connectivity index (χ3v) is 4.52. The monoisotopic (exact) mass is 315 g/mol. The summed E-state index contributed by atoms with van der Waals surface area (Å²) >= 11 is 0. The van der Waals surface area contributed by atoms with E-state index in [0.717, 1.165) is 24.3 Å². The van der Waals surface area contributed by atoms with Crippen LogP contribution in [0.3, 0.4) is 0 Å². The number of fused-ring (bicyclic) bond motifs is 2. The molecule has 2 aliphatic carbocycles. The van der Waals surface area contributed by atoms with Crippen LogP contribution in [0.4, 0.5) is 10.5 Å². The second-order valence-electron chi connectivity index (χ2n) is 7.40. The molecule has 124 valence electrons. The molecule has 0 heterocycles. The molecule has 3 atom stereocenters. The smallest absolute Gasteiger partial charge is 0.415 e. The second kappa shape index (κ2) is 5.91. The third kappa shape index (κ3) is 3.36. The minimum atomic E-state index is -0.505. The molecule has 0 aromatic heterocycles. The second-order valence-corrected chi connectivity index (χ2v) is 7.40. The van der Waals surface area contributed by atoms with Gasteiger partial charge in [0.2, 0.25) is 0 Å². The van der Waals surface area contributed by atoms with Crippen LogP contribution in [0.2, 0.25) is 0 Å². The SMILES string of the molecule is COc1ccc(N(C(=O)OC(C)(C)C)[C@H]2C[C@@H]3C=C[C@H]2C3)cc1. The lowest BCUT2D eigenvalue weighted by Crippen LogP contribution is -2.45. The fourth-order valence-electron chi connectivity index (χ4n) is 3.53. The van der Waals surface area contributed by atoms with Crippen molar-refractivity contribution in [2.24, 2.45) is 11.8 Å². The van der Waals surface area contributed by atoms with Gasteiger partial charge in [-0.1, -0.05) is 12.2 Å². The molecule has 0 unspecified atom stereocenters. The fraction of sp³-hybridized carbons (Fsp3) is 0.526. The minimum absolute atomic E-state index is 0.174. The van der Waals surface area contributed by atoms with Crippen molar-refractivity contribution in [3.63, 3.8) is 0 Å². The number of carbonyl (C=O) groups is 1. The summed E-state index contributed by atoms with van der Waals surface area (Å²) in [6.45, 7) is 5.70. The first kappa shape index (κ1) is 15.9. The molecule has 4 nitrogen and oxygen atoms in total. The maximum Gasteiger partial charge on any atom is 0.415 e. The highest BCUT2D eigenvalue weighted by Crippen LogP contribution is 2.43. The molecule has 3 rings (SSSR count). The summed E-state index contributed by atoms with van der Waals surface area (Å²) in [5, 5.41) is 0. The summed E-state index contributed by atoms with van der Waals surface area (Å²) in [4.78, 5) is 14.7. The quantitative estimate of drug-likeness (QED) is 0.776. The molecule has 4 heteroatoms. The minimum Gasteiger partial charge on any atom is -0.497 e. The zero-order chi connectivity index (χ0) is 16.6. The highest BCUT2D eigenvalue weighted by molar-refractivity contribution is 5.89. The van der Waals surface area contributed by atoms with E-state index in [-0.39, 0.29) is 12.1 Å². The van der Waals surface area contributed by atoms with Crippen LogP contribution in [0, 0.1) is 11.8 Å². The number of methoxy groups -OCH3 is 1. The van der Waals surface area contributed by atoms with Crippen LogP contribution in [0.15, 0.2) is 36.4 Å². The number of carbonyl (C=O) groups excluding carboxylic acids is 1. The number of nitrogens with zero attached hydrogens (tertiary/aromatic N) is 1. The summed E-state index contributed by atoms with van der Waals surface area (Å²) in [5.74, 6) is 1.80. The van der Waals surface area contributed by atoms with Crippen molar-refractivity contribution in [1.82, 2.24) is 0 Å². The van der Waals surface area contributed by atoms with E-state index in [1.165, 1.54) is 0 Å². The predicted molar refractivity (Wildman–Crippen MR) is 90.8 cm³/mol. The summed E-state index contributed by atoms with van der Waals surface area (Å²) in [6, 6.07) is 7.80. The molecule has 0 radical (unpaired) electrons. The Morgan fingerprint density at radius 3 is 2.30 bits per heavy atom. The Morgan fingerprint density at radius 2 is 1.83 bits per heavy atom. The first-order chi connectivity index (χ1) is 10.9. The lowest BCUT2D eigenvalue weighted by molar-refractivity contribution is 0.0560. The van der Waals surface area contributed by atoms with Crippen molar-refractivity contribution >= 4 is 11.8 Å². The molecule has 1 aromatic carbocycles. The number of amides is 1. The number of hydrogen-bond donors (Lipinski definition) is 0. The number of rotatable bonds is 3. The van der Waals surface area contributed by atoms with Crippen molar-refractivity contribution < 1.29 is 14.3 Å². The van der Waals surface area contributed by atoms with E-state index in [1.807, 2.05) is 49.9 Å². The van der Waals surface area contributed by atoms with Crippen LogP contribution in [-0.4, -0.2) is 24.8 Å². The summed E-state index contributed by atoms with van der Waals surface area (Å²) < 4.78 is 10.9. The van der Waals surface area contributed by atoms with E-state index in [2.05, 4.69) is 12.2 Å². The molecule has 1 fully saturated rings. The molecule has 0 spiro atoms. The van der Waals surface area contributed by atoms with Crippen LogP contribution in [0.25, 0.3) is 0 Å². The van der Waals surface area contributed by atoms with Gasteiger partial charge in [-0.15, -0.1) is 0 Å². The number of allylic oxidation sites excluding steroid dienone is 1. The average molecular weight is 315 g/mol. The molecular weight excluding hydrogens is 290 g/mol. The van der Waals surface area contributed by atoms with Crippen LogP contribution >= 0.6 is 0 Å². The molecule has 0 saturated heterocycles. The van der Waals surface area contributed by atoms with E-state index in [9.17, 15) is 4.79 Å². The molecule has 1 amide bonds. The Balaban J connectivity index is 1.89. The maximum absolute atomic E-state index is 12.8. The lowest BCUT2D eigenvalue weighted by atomic mass is 9.99. The predicted octanol–water partition coefficient (Wildman–Crippen LogP) is 4.40. The largest absolute Gasteiger partial charge is 0.497 e. The van der Waals surface area contributed by atoms with E-state index in [4.69, 9.17) is 9.47 Å². The van der Waals surface area contributed by atoms with Gasteiger partial charge in [0.25, 0.3) is 0 Å². The van der Waals surface area contributed by atoms with Gasteiger partial charge < -0.3 is 9.47 Å². The Labute approximate surface area is 138 Å². The van der Waals surface area contributed by atoms with Crippen molar-refractivity contribution in [1.29, 1.82) is 0 Å². The number of benzene rings is 1. The molecule has 23 heavy (non-hydrogen) atoms. The molecule has 2 aliphatic rings. The summed E-state index contributed by atoms with van der Waals surface area (Å²) in [5.41, 5.74) is 0.362. The topological polar surface area (TPSA) is 38.8 Å².